The minimum atomic E-state index is -0.433. The number of anilines is 1. The van der Waals surface area contributed by atoms with Crippen molar-refractivity contribution in [1.82, 2.24) is 24.6 Å². The second-order valence-electron chi connectivity index (χ2n) is 8.11. The SMILES string of the molecule is Cc1cccc(C(=O)N2C[C@@H]3Cn4c(nnc4C(=O)Nc4cccc(F)c4)C[C@H]3C2)n1. The molecule has 0 bridgehead atoms. The Hall–Kier alpha value is -3.62. The molecule has 0 aliphatic carbocycles. The van der Waals surface area contributed by atoms with Crippen molar-refractivity contribution in [3.8, 4) is 0 Å². The third-order valence-corrected chi connectivity index (χ3v) is 5.95. The van der Waals surface area contributed by atoms with Crippen LogP contribution in [0.2, 0.25) is 0 Å². The largest absolute Gasteiger partial charge is 0.337 e. The van der Waals surface area contributed by atoms with Gasteiger partial charge in [-0.05, 0) is 49.1 Å². The highest BCUT2D eigenvalue weighted by Gasteiger charge is 2.41. The Bertz CT molecular complexity index is 1180. The zero-order valence-electron chi connectivity index (χ0n) is 17.0. The summed E-state index contributed by atoms with van der Waals surface area (Å²) in [6.45, 7) is 3.66. The maximum absolute atomic E-state index is 13.4. The van der Waals surface area contributed by atoms with Crippen molar-refractivity contribution in [3.63, 3.8) is 0 Å². The molecule has 5 rings (SSSR count). The highest BCUT2D eigenvalue weighted by molar-refractivity contribution is 6.01. The van der Waals surface area contributed by atoms with Gasteiger partial charge in [0.15, 0.2) is 0 Å². The number of rotatable bonds is 3. The van der Waals surface area contributed by atoms with Gasteiger partial charge in [0, 0.05) is 37.4 Å². The molecule has 1 N–H and O–H groups in total. The van der Waals surface area contributed by atoms with E-state index in [1.165, 1.54) is 18.2 Å². The Labute approximate surface area is 178 Å². The molecule has 158 valence electrons. The van der Waals surface area contributed by atoms with E-state index in [1.54, 1.807) is 12.1 Å². The number of amides is 2. The monoisotopic (exact) mass is 420 g/mol. The van der Waals surface area contributed by atoms with Crippen LogP contribution in [-0.4, -0.2) is 49.6 Å². The van der Waals surface area contributed by atoms with E-state index in [1.807, 2.05) is 28.5 Å². The number of aryl methyl sites for hydroxylation is 1. The van der Waals surface area contributed by atoms with Gasteiger partial charge in [0.2, 0.25) is 5.82 Å². The van der Waals surface area contributed by atoms with Crippen molar-refractivity contribution < 1.29 is 14.0 Å². The fourth-order valence-electron chi connectivity index (χ4n) is 4.44. The second-order valence-corrected chi connectivity index (χ2v) is 8.11. The molecule has 2 aliphatic heterocycles. The maximum atomic E-state index is 13.4. The molecule has 2 amide bonds. The Kier molecular flexibility index (Phi) is 4.72. The fraction of sp³-hybridized carbons (Fsp3) is 0.318. The van der Waals surface area contributed by atoms with Crippen molar-refractivity contribution in [2.24, 2.45) is 11.8 Å². The number of aromatic nitrogens is 4. The van der Waals surface area contributed by atoms with Gasteiger partial charge in [0.1, 0.15) is 17.3 Å². The number of carbonyl (C=O) groups is 2. The normalized spacial score (nSPS) is 19.6. The van der Waals surface area contributed by atoms with Crippen molar-refractivity contribution in [1.29, 1.82) is 0 Å². The number of halogens is 1. The molecule has 0 spiro atoms. The second kappa shape index (κ2) is 7.57. The van der Waals surface area contributed by atoms with E-state index >= 15 is 0 Å². The van der Waals surface area contributed by atoms with Crippen LogP contribution in [-0.2, 0) is 13.0 Å². The number of pyridine rings is 1. The summed E-state index contributed by atoms with van der Waals surface area (Å²) in [6.07, 6.45) is 0.649. The van der Waals surface area contributed by atoms with E-state index in [2.05, 4.69) is 20.5 Å². The molecule has 9 heteroatoms. The molecular formula is C22H21FN6O2. The average Bonchev–Trinajstić information content (AvgIpc) is 3.34. The molecule has 1 aromatic carbocycles. The number of nitrogens with zero attached hydrogens (tertiary/aromatic N) is 5. The van der Waals surface area contributed by atoms with Gasteiger partial charge in [0.05, 0.1) is 0 Å². The lowest BCUT2D eigenvalue weighted by Crippen LogP contribution is -2.31. The molecule has 2 aromatic heterocycles. The summed E-state index contributed by atoms with van der Waals surface area (Å²) in [5, 5.41) is 10.9. The fourth-order valence-corrected chi connectivity index (χ4v) is 4.44. The van der Waals surface area contributed by atoms with Gasteiger partial charge in [-0.1, -0.05) is 12.1 Å². The number of likely N-dealkylation sites (tertiary alicyclic amines) is 1. The predicted molar refractivity (Wildman–Crippen MR) is 110 cm³/mol. The molecule has 31 heavy (non-hydrogen) atoms. The van der Waals surface area contributed by atoms with Crippen molar-refractivity contribution in [2.45, 2.75) is 19.9 Å². The zero-order valence-corrected chi connectivity index (χ0v) is 17.0. The van der Waals surface area contributed by atoms with Crippen LogP contribution >= 0.6 is 0 Å². The van der Waals surface area contributed by atoms with Crippen molar-refractivity contribution in [2.75, 3.05) is 18.4 Å². The van der Waals surface area contributed by atoms with Crippen LogP contribution in [0, 0.1) is 24.6 Å². The highest BCUT2D eigenvalue weighted by atomic mass is 19.1. The molecule has 8 nitrogen and oxygen atoms in total. The Morgan fingerprint density at radius 2 is 1.87 bits per heavy atom. The summed E-state index contributed by atoms with van der Waals surface area (Å²) < 4.78 is 15.2. The van der Waals surface area contributed by atoms with Gasteiger partial charge < -0.3 is 14.8 Å². The summed E-state index contributed by atoms with van der Waals surface area (Å²) in [7, 11) is 0. The Morgan fingerprint density at radius 1 is 1.06 bits per heavy atom. The topological polar surface area (TPSA) is 93.0 Å². The Balaban J connectivity index is 1.31. The molecule has 1 saturated heterocycles. The van der Waals surface area contributed by atoms with Gasteiger partial charge in [-0.2, -0.15) is 0 Å². The van der Waals surface area contributed by atoms with Crippen LogP contribution in [0.3, 0.4) is 0 Å². The zero-order chi connectivity index (χ0) is 21.5. The van der Waals surface area contributed by atoms with Crippen LogP contribution in [0.4, 0.5) is 10.1 Å². The molecule has 0 unspecified atom stereocenters. The van der Waals surface area contributed by atoms with Gasteiger partial charge in [0.25, 0.3) is 11.8 Å². The van der Waals surface area contributed by atoms with Crippen LogP contribution in [0.15, 0.2) is 42.5 Å². The van der Waals surface area contributed by atoms with Crippen molar-refractivity contribution in [3.05, 3.63) is 71.3 Å². The molecular weight excluding hydrogens is 399 g/mol. The van der Waals surface area contributed by atoms with Crippen LogP contribution in [0.5, 0.6) is 0 Å². The molecule has 1 fully saturated rings. The first-order valence-electron chi connectivity index (χ1n) is 10.2. The van der Waals surface area contributed by atoms with E-state index in [0.717, 1.165) is 11.5 Å². The standard InChI is InChI=1S/C22H21FN6O2/c1-13-4-2-7-18(24-13)22(31)28-10-14-8-19-26-27-20(29(19)12-15(14)11-28)21(30)25-17-6-3-5-16(23)9-17/h2-7,9,14-15H,8,10-12H2,1H3,(H,25,30)/t14-,15+/m0/s1. The van der Waals surface area contributed by atoms with Gasteiger partial charge in [-0.25, -0.2) is 9.37 Å². The highest BCUT2D eigenvalue weighted by Crippen LogP contribution is 2.33. The summed E-state index contributed by atoms with van der Waals surface area (Å²) in [5.74, 6) is 0.470. The predicted octanol–water partition coefficient (Wildman–Crippen LogP) is 2.32. The van der Waals surface area contributed by atoms with Gasteiger partial charge >= 0.3 is 0 Å². The van der Waals surface area contributed by atoms with Crippen LogP contribution in [0.1, 0.15) is 32.6 Å². The number of nitrogens with one attached hydrogen (secondary N) is 1. The first-order chi connectivity index (χ1) is 15.0. The minimum Gasteiger partial charge on any atom is -0.337 e. The number of hydrogen-bond acceptors (Lipinski definition) is 5. The maximum Gasteiger partial charge on any atom is 0.293 e. The number of carbonyl (C=O) groups excluding carboxylic acids is 2. The summed E-state index contributed by atoms with van der Waals surface area (Å²) in [6, 6.07) is 11.1. The van der Waals surface area contributed by atoms with Crippen molar-refractivity contribution >= 4 is 17.5 Å². The minimum absolute atomic E-state index is 0.0714. The molecule has 4 heterocycles. The quantitative estimate of drug-likeness (QED) is 0.702. The first-order valence-corrected chi connectivity index (χ1v) is 10.2. The molecule has 3 aromatic rings. The molecule has 0 radical (unpaired) electrons. The van der Waals surface area contributed by atoms with Crippen LogP contribution < -0.4 is 5.32 Å². The summed E-state index contributed by atoms with van der Waals surface area (Å²) in [4.78, 5) is 31.8. The Morgan fingerprint density at radius 3 is 2.68 bits per heavy atom. The lowest BCUT2D eigenvalue weighted by Gasteiger charge is -2.25. The third-order valence-electron chi connectivity index (χ3n) is 5.95. The van der Waals surface area contributed by atoms with Gasteiger partial charge in [-0.3, -0.25) is 9.59 Å². The summed E-state index contributed by atoms with van der Waals surface area (Å²) >= 11 is 0. The molecule has 2 atom stereocenters. The number of benzene rings is 1. The first kappa shape index (κ1) is 19.3. The average molecular weight is 420 g/mol. The van der Waals surface area contributed by atoms with Gasteiger partial charge in [-0.15, -0.1) is 10.2 Å². The molecule has 0 saturated carbocycles. The number of hydrogen-bond donors (Lipinski definition) is 1. The third kappa shape index (κ3) is 3.67. The molecule has 2 aliphatic rings. The summed E-state index contributed by atoms with van der Waals surface area (Å²) in [5.41, 5.74) is 1.62. The smallest absolute Gasteiger partial charge is 0.293 e. The lowest BCUT2D eigenvalue weighted by molar-refractivity contribution is 0.0777. The van der Waals surface area contributed by atoms with E-state index in [4.69, 9.17) is 0 Å². The lowest BCUT2D eigenvalue weighted by atomic mass is 9.89. The van der Waals surface area contributed by atoms with Crippen LogP contribution in [0.25, 0.3) is 0 Å². The van der Waals surface area contributed by atoms with E-state index in [9.17, 15) is 14.0 Å². The van der Waals surface area contributed by atoms with E-state index in [-0.39, 0.29) is 23.6 Å². The number of fused-ring (bicyclic) bond motifs is 2. The van der Waals surface area contributed by atoms with E-state index in [0.29, 0.717) is 37.4 Å². The van der Waals surface area contributed by atoms with E-state index < -0.39 is 11.7 Å².